The van der Waals surface area contributed by atoms with Crippen molar-refractivity contribution < 1.29 is 0 Å². The van der Waals surface area contributed by atoms with Crippen molar-refractivity contribution >= 4 is 0 Å². The summed E-state index contributed by atoms with van der Waals surface area (Å²) in [4.78, 5) is 8.29. The minimum atomic E-state index is 0.700. The van der Waals surface area contributed by atoms with Gasteiger partial charge in [-0.3, -0.25) is 0 Å². The number of aromatic nitrogens is 2. The van der Waals surface area contributed by atoms with Gasteiger partial charge >= 0.3 is 0 Å². The Balaban J connectivity index is 2.06. The van der Waals surface area contributed by atoms with Crippen molar-refractivity contribution in [3.05, 3.63) is 24.3 Å². The number of rotatable bonds is 1. The fourth-order valence-electron chi connectivity index (χ4n) is 2.12. The van der Waals surface area contributed by atoms with Crippen LogP contribution in [-0.4, -0.2) is 9.97 Å². The van der Waals surface area contributed by atoms with Gasteiger partial charge in [-0.05, 0) is 18.9 Å². The highest BCUT2D eigenvalue weighted by Gasteiger charge is 2.14. The topological polar surface area (TPSA) is 25.8 Å². The fraction of sp³-hybridized carbons (Fsp3) is 0.636. The van der Waals surface area contributed by atoms with Gasteiger partial charge in [0.2, 0.25) is 0 Å². The molecule has 0 bridgehead atoms. The second-order valence-electron chi connectivity index (χ2n) is 3.82. The summed E-state index contributed by atoms with van der Waals surface area (Å²) in [5.74, 6) is 0.700. The monoisotopic (exact) mass is 176 g/mol. The van der Waals surface area contributed by atoms with Crippen LogP contribution in [0.25, 0.3) is 0 Å². The lowest BCUT2D eigenvalue weighted by Crippen LogP contribution is -1.99. The van der Waals surface area contributed by atoms with Gasteiger partial charge < -0.3 is 0 Å². The zero-order chi connectivity index (χ0) is 8.93. The first-order chi connectivity index (χ1) is 6.47. The van der Waals surface area contributed by atoms with E-state index in [4.69, 9.17) is 0 Å². The maximum Gasteiger partial charge on any atom is 0.115 e. The summed E-state index contributed by atoms with van der Waals surface area (Å²) in [7, 11) is 0. The molecule has 0 unspecified atom stereocenters. The summed E-state index contributed by atoms with van der Waals surface area (Å²) < 4.78 is 0. The highest BCUT2D eigenvalue weighted by molar-refractivity contribution is 5.05. The van der Waals surface area contributed by atoms with Gasteiger partial charge in [0, 0.05) is 17.8 Å². The summed E-state index contributed by atoms with van der Waals surface area (Å²) in [5.41, 5.74) is 1.25. The Hall–Kier alpha value is -0.920. The predicted octanol–water partition coefficient (Wildman–Crippen LogP) is 2.91. The maximum atomic E-state index is 4.33. The van der Waals surface area contributed by atoms with Crippen molar-refractivity contribution in [1.82, 2.24) is 9.97 Å². The first kappa shape index (κ1) is 8.67. The minimum Gasteiger partial charge on any atom is -0.245 e. The Morgan fingerprint density at radius 1 is 1.08 bits per heavy atom. The van der Waals surface area contributed by atoms with Crippen LogP contribution in [0.4, 0.5) is 0 Å². The molecule has 0 radical (unpaired) electrons. The van der Waals surface area contributed by atoms with Crippen LogP contribution in [0.1, 0.15) is 50.1 Å². The molecule has 0 aromatic carbocycles. The van der Waals surface area contributed by atoms with E-state index in [1.165, 1.54) is 44.2 Å². The van der Waals surface area contributed by atoms with Crippen LogP contribution in [-0.2, 0) is 0 Å². The molecule has 2 nitrogen and oxygen atoms in total. The maximum absolute atomic E-state index is 4.33. The molecule has 1 aliphatic rings. The second-order valence-corrected chi connectivity index (χ2v) is 3.82. The molecule has 0 N–H and O–H groups in total. The van der Waals surface area contributed by atoms with E-state index in [0.717, 1.165) is 0 Å². The molecule has 0 amide bonds. The predicted molar refractivity (Wildman–Crippen MR) is 52.5 cm³/mol. The van der Waals surface area contributed by atoms with Gasteiger partial charge in [-0.1, -0.05) is 25.7 Å². The molecule has 1 saturated carbocycles. The van der Waals surface area contributed by atoms with Crippen molar-refractivity contribution in [3.8, 4) is 0 Å². The third-order valence-corrected chi connectivity index (χ3v) is 2.88. The van der Waals surface area contributed by atoms with Crippen LogP contribution >= 0.6 is 0 Å². The molecule has 1 aromatic heterocycles. The van der Waals surface area contributed by atoms with Crippen LogP contribution in [0.15, 0.2) is 18.6 Å². The lowest BCUT2D eigenvalue weighted by molar-refractivity contribution is 0.576. The van der Waals surface area contributed by atoms with Gasteiger partial charge in [0.05, 0.1) is 0 Å². The molecule has 1 heterocycles. The SMILES string of the molecule is c1cc(C2CCCCCC2)ncn1. The molecule has 0 aliphatic heterocycles. The first-order valence-corrected chi connectivity index (χ1v) is 5.23. The van der Waals surface area contributed by atoms with Crippen molar-refractivity contribution in [2.45, 2.75) is 44.4 Å². The van der Waals surface area contributed by atoms with E-state index in [1.807, 2.05) is 6.20 Å². The average Bonchev–Trinajstić information content (AvgIpc) is 2.47. The van der Waals surface area contributed by atoms with E-state index in [2.05, 4.69) is 16.0 Å². The van der Waals surface area contributed by atoms with Crippen LogP contribution in [0.5, 0.6) is 0 Å². The van der Waals surface area contributed by atoms with Crippen LogP contribution in [0.3, 0.4) is 0 Å². The van der Waals surface area contributed by atoms with E-state index in [0.29, 0.717) is 5.92 Å². The molecule has 2 heteroatoms. The van der Waals surface area contributed by atoms with E-state index < -0.39 is 0 Å². The van der Waals surface area contributed by atoms with Gasteiger partial charge in [0.25, 0.3) is 0 Å². The third-order valence-electron chi connectivity index (χ3n) is 2.88. The minimum absolute atomic E-state index is 0.700. The smallest absolute Gasteiger partial charge is 0.115 e. The normalized spacial score (nSPS) is 19.7. The molecule has 0 atom stereocenters. The lowest BCUT2D eigenvalue weighted by Gasteiger charge is -2.11. The van der Waals surface area contributed by atoms with E-state index >= 15 is 0 Å². The van der Waals surface area contributed by atoms with Crippen molar-refractivity contribution in [2.24, 2.45) is 0 Å². The van der Waals surface area contributed by atoms with Gasteiger partial charge in [-0.2, -0.15) is 0 Å². The standard InChI is InChI=1S/C11H16N2/c1-2-4-6-10(5-3-1)11-7-8-12-9-13-11/h7-10H,1-6H2. The highest BCUT2D eigenvalue weighted by Crippen LogP contribution is 2.29. The molecule has 1 aromatic rings. The Kier molecular flexibility index (Phi) is 2.90. The van der Waals surface area contributed by atoms with E-state index in [-0.39, 0.29) is 0 Å². The quantitative estimate of drug-likeness (QED) is 0.615. The van der Waals surface area contributed by atoms with Gasteiger partial charge in [0.1, 0.15) is 6.33 Å². The molecule has 0 spiro atoms. The summed E-state index contributed by atoms with van der Waals surface area (Å²) in [6.45, 7) is 0. The highest BCUT2D eigenvalue weighted by atomic mass is 14.8. The molecule has 2 rings (SSSR count). The molecule has 70 valence electrons. The number of nitrogens with zero attached hydrogens (tertiary/aromatic N) is 2. The van der Waals surface area contributed by atoms with Crippen LogP contribution in [0, 0.1) is 0 Å². The zero-order valence-corrected chi connectivity index (χ0v) is 7.95. The van der Waals surface area contributed by atoms with Crippen molar-refractivity contribution in [1.29, 1.82) is 0 Å². The largest absolute Gasteiger partial charge is 0.245 e. The molecule has 1 fully saturated rings. The van der Waals surface area contributed by atoms with Gasteiger partial charge in [0.15, 0.2) is 0 Å². The fourth-order valence-corrected chi connectivity index (χ4v) is 2.12. The Morgan fingerprint density at radius 2 is 1.85 bits per heavy atom. The molecular weight excluding hydrogens is 160 g/mol. The van der Waals surface area contributed by atoms with Gasteiger partial charge in [-0.25, -0.2) is 9.97 Å². The summed E-state index contributed by atoms with van der Waals surface area (Å²) >= 11 is 0. The van der Waals surface area contributed by atoms with E-state index in [1.54, 1.807) is 6.33 Å². The molecule has 13 heavy (non-hydrogen) atoms. The molecular formula is C11H16N2. The first-order valence-electron chi connectivity index (χ1n) is 5.23. The summed E-state index contributed by atoms with van der Waals surface area (Å²) in [6.07, 6.45) is 11.7. The van der Waals surface area contributed by atoms with Crippen LogP contribution < -0.4 is 0 Å². The zero-order valence-electron chi connectivity index (χ0n) is 7.95. The molecule has 0 saturated heterocycles. The average molecular weight is 176 g/mol. The lowest BCUT2D eigenvalue weighted by atomic mass is 9.96. The summed E-state index contributed by atoms with van der Waals surface area (Å²) in [5, 5.41) is 0. The van der Waals surface area contributed by atoms with E-state index in [9.17, 15) is 0 Å². The Labute approximate surface area is 79.4 Å². The third kappa shape index (κ3) is 2.27. The van der Waals surface area contributed by atoms with Crippen molar-refractivity contribution in [3.63, 3.8) is 0 Å². The Bertz CT molecular complexity index is 238. The Morgan fingerprint density at radius 3 is 2.46 bits per heavy atom. The number of hydrogen-bond acceptors (Lipinski definition) is 2. The molecule has 1 aliphatic carbocycles. The van der Waals surface area contributed by atoms with Crippen molar-refractivity contribution in [2.75, 3.05) is 0 Å². The second kappa shape index (κ2) is 4.35. The van der Waals surface area contributed by atoms with Crippen LogP contribution in [0.2, 0.25) is 0 Å². The summed E-state index contributed by atoms with van der Waals surface area (Å²) in [6, 6.07) is 2.07. The van der Waals surface area contributed by atoms with Gasteiger partial charge in [-0.15, -0.1) is 0 Å². The number of hydrogen-bond donors (Lipinski definition) is 0.